The molecule has 1 saturated carbocycles. The molecule has 3 aliphatic rings. The fourth-order valence-corrected chi connectivity index (χ4v) is 6.20. The topological polar surface area (TPSA) is 71.8 Å². The fraction of sp³-hybridized carbons (Fsp3) is 0.538. The van der Waals surface area contributed by atoms with Gasteiger partial charge in [-0.15, -0.1) is 5.10 Å². The van der Waals surface area contributed by atoms with Crippen LogP contribution in [0.15, 0.2) is 36.7 Å². The van der Waals surface area contributed by atoms with Crippen LogP contribution in [0.1, 0.15) is 60.7 Å². The monoisotopic (exact) mass is 497 g/mol. The predicted molar refractivity (Wildman–Crippen MR) is 130 cm³/mol. The van der Waals surface area contributed by atoms with Crippen molar-refractivity contribution in [3.63, 3.8) is 0 Å². The lowest BCUT2D eigenvalue weighted by Gasteiger charge is -2.38. The first-order chi connectivity index (χ1) is 17.3. The molecule has 1 aromatic carbocycles. The van der Waals surface area contributed by atoms with Gasteiger partial charge in [-0.1, -0.05) is 18.6 Å². The molecule has 1 unspecified atom stereocenters. The van der Waals surface area contributed by atoms with Crippen molar-refractivity contribution >= 4 is 11.8 Å². The molecule has 1 saturated heterocycles. The highest BCUT2D eigenvalue weighted by Gasteiger charge is 2.43. The summed E-state index contributed by atoms with van der Waals surface area (Å²) in [5, 5.41) is 8.46. The van der Waals surface area contributed by atoms with Gasteiger partial charge < -0.3 is 10.2 Å². The maximum absolute atomic E-state index is 13.1. The van der Waals surface area contributed by atoms with Crippen LogP contribution in [0, 0.1) is 18.8 Å². The standard InChI is InChI=1S/C26H30F3N7/c1-16-12-22(31-15-30-16)35-13-18-5-6-19(14-35)23(18)32-25-33-24-21(4-2-3-11-36(24)34-25)17-7-9-20(10-8-17)26(27,28)29/h7-10,12,15,18-19,21,23H,2-6,11,13-14H2,1H3,(H,32,34)/t18-,19?,21-,23-/m0/s1. The van der Waals surface area contributed by atoms with E-state index in [1.54, 1.807) is 18.5 Å². The lowest BCUT2D eigenvalue weighted by atomic mass is 9.92. The van der Waals surface area contributed by atoms with Crippen molar-refractivity contribution < 1.29 is 13.2 Å². The Bertz CT molecular complexity index is 1210. The van der Waals surface area contributed by atoms with Gasteiger partial charge in [-0.2, -0.15) is 18.2 Å². The molecule has 6 rings (SSSR count). The minimum absolute atomic E-state index is 0.0580. The Hall–Kier alpha value is -3.17. The van der Waals surface area contributed by atoms with Crippen LogP contribution in [0.5, 0.6) is 0 Å². The van der Waals surface area contributed by atoms with E-state index in [0.29, 0.717) is 23.8 Å². The first-order valence-electron chi connectivity index (χ1n) is 12.8. The number of aryl methyl sites for hydroxylation is 2. The van der Waals surface area contributed by atoms with Gasteiger partial charge in [-0.25, -0.2) is 14.6 Å². The van der Waals surface area contributed by atoms with E-state index in [4.69, 9.17) is 10.1 Å². The molecule has 0 radical (unpaired) electrons. The summed E-state index contributed by atoms with van der Waals surface area (Å²) in [6.07, 6.45) is 2.44. The molecule has 190 valence electrons. The summed E-state index contributed by atoms with van der Waals surface area (Å²) < 4.78 is 41.1. The van der Waals surface area contributed by atoms with E-state index in [-0.39, 0.29) is 5.92 Å². The zero-order valence-corrected chi connectivity index (χ0v) is 20.2. The number of aromatic nitrogens is 5. The number of hydrogen-bond donors (Lipinski definition) is 1. The van der Waals surface area contributed by atoms with Crippen molar-refractivity contribution in [1.29, 1.82) is 0 Å². The Labute approximate surface area is 208 Å². The minimum Gasteiger partial charge on any atom is -0.356 e. The third-order valence-electron chi connectivity index (χ3n) is 8.01. The van der Waals surface area contributed by atoms with Crippen LogP contribution in [0.25, 0.3) is 0 Å². The first-order valence-corrected chi connectivity index (χ1v) is 12.8. The van der Waals surface area contributed by atoms with E-state index in [1.165, 1.54) is 12.1 Å². The van der Waals surface area contributed by atoms with Crippen LogP contribution >= 0.6 is 0 Å². The van der Waals surface area contributed by atoms with E-state index in [0.717, 1.165) is 74.6 Å². The molecule has 36 heavy (non-hydrogen) atoms. The minimum atomic E-state index is -4.33. The van der Waals surface area contributed by atoms with Gasteiger partial charge >= 0.3 is 6.18 Å². The highest BCUT2D eigenvalue weighted by Crippen LogP contribution is 2.40. The lowest BCUT2D eigenvalue weighted by Crippen LogP contribution is -2.48. The van der Waals surface area contributed by atoms with Crippen molar-refractivity contribution in [1.82, 2.24) is 24.7 Å². The quantitative estimate of drug-likeness (QED) is 0.545. The van der Waals surface area contributed by atoms with Gasteiger partial charge in [0.05, 0.1) is 5.56 Å². The SMILES string of the molecule is Cc1cc(N2CC3CC[C@@H](C2)[C@@H]3Nc2nc3n(n2)CCCC[C@H]3c2ccc(C(F)(F)F)cc2)ncn1. The van der Waals surface area contributed by atoms with Crippen LogP contribution in [-0.2, 0) is 12.7 Å². The predicted octanol–water partition coefficient (Wildman–Crippen LogP) is 5.04. The third-order valence-corrected chi connectivity index (χ3v) is 8.01. The van der Waals surface area contributed by atoms with Gasteiger partial charge in [0.25, 0.3) is 0 Å². The van der Waals surface area contributed by atoms with Gasteiger partial charge in [0.1, 0.15) is 18.0 Å². The van der Waals surface area contributed by atoms with Crippen molar-refractivity contribution in [2.45, 2.75) is 63.7 Å². The average molecular weight is 498 g/mol. The van der Waals surface area contributed by atoms with Gasteiger partial charge in [0, 0.05) is 43.4 Å². The van der Waals surface area contributed by atoms with E-state index in [2.05, 4.69) is 20.2 Å². The van der Waals surface area contributed by atoms with Crippen LogP contribution in [-0.4, -0.2) is 43.9 Å². The molecule has 4 atom stereocenters. The van der Waals surface area contributed by atoms with Crippen molar-refractivity contribution in [3.8, 4) is 0 Å². The van der Waals surface area contributed by atoms with Gasteiger partial charge in [0.2, 0.25) is 5.95 Å². The van der Waals surface area contributed by atoms with Gasteiger partial charge in [-0.05, 0) is 62.1 Å². The maximum Gasteiger partial charge on any atom is 0.416 e. The molecule has 3 aromatic rings. The molecule has 7 nitrogen and oxygen atoms in total. The number of nitrogens with zero attached hydrogens (tertiary/aromatic N) is 6. The number of benzene rings is 1. The van der Waals surface area contributed by atoms with E-state index >= 15 is 0 Å². The lowest BCUT2D eigenvalue weighted by molar-refractivity contribution is -0.137. The number of halogens is 3. The van der Waals surface area contributed by atoms with Crippen LogP contribution < -0.4 is 10.2 Å². The summed E-state index contributed by atoms with van der Waals surface area (Å²) in [6, 6.07) is 7.88. The van der Waals surface area contributed by atoms with E-state index in [1.807, 2.05) is 17.7 Å². The van der Waals surface area contributed by atoms with Crippen LogP contribution in [0.2, 0.25) is 0 Å². The number of piperidine rings is 1. The zero-order valence-electron chi connectivity index (χ0n) is 20.2. The average Bonchev–Trinajstić information content (AvgIpc) is 3.25. The van der Waals surface area contributed by atoms with Crippen molar-refractivity contribution in [2.24, 2.45) is 11.8 Å². The Kier molecular flexibility index (Phi) is 5.84. The van der Waals surface area contributed by atoms with Gasteiger partial charge in [0.15, 0.2) is 0 Å². The molecule has 10 heteroatoms. The van der Waals surface area contributed by atoms with E-state index in [9.17, 15) is 13.2 Å². The summed E-state index contributed by atoms with van der Waals surface area (Å²) in [5.74, 6) is 3.37. The summed E-state index contributed by atoms with van der Waals surface area (Å²) in [5.41, 5.74) is 1.21. The third kappa shape index (κ3) is 4.41. The molecule has 2 aromatic heterocycles. The Morgan fingerprint density at radius 1 is 0.972 bits per heavy atom. The summed E-state index contributed by atoms with van der Waals surface area (Å²) >= 11 is 0. The molecule has 1 aliphatic carbocycles. The van der Waals surface area contributed by atoms with Crippen molar-refractivity contribution in [2.75, 3.05) is 23.3 Å². The number of anilines is 2. The van der Waals surface area contributed by atoms with Crippen LogP contribution in [0.4, 0.5) is 24.9 Å². The summed E-state index contributed by atoms with van der Waals surface area (Å²) in [7, 11) is 0. The number of rotatable bonds is 4. The Balaban J connectivity index is 1.20. The molecular formula is C26H30F3N7. The number of fused-ring (bicyclic) bond motifs is 3. The highest BCUT2D eigenvalue weighted by molar-refractivity contribution is 5.42. The first kappa shape index (κ1) is 23.2. The molecule has 2 aliphatic heterocycles. The number of hydrogen-bond acceptors (Lipinski definition) is 6. The highest BCUT2D eigenvalue weighted by atomic mass is 19.4. The second-order valence-electron chi connectivity index (χ2n) is 10.4. The largest absolute Gasteiger partial charge is 0.416 e. The smallest absolute Gasteiger partial charge is 0.356 e. The molecule has 2 bridgehead atoms. The van der Waals surface area contributed by atoms with Gasteiger partial charge in [-0.3, -0.25) is 0 Å². The van der Waals surface area contributed by atoms with Crippen molar-refractivity contribution in [3.05, 3.63) is 59.3 Å². The molecule has 0 spiro atoms. The van der Waals surface area contributed by atoms with Crippen LogP contribution in [0.3, 0.4) is 0 Å². The number of alkyl halides is 3. The molecule has 0 amide bonds. The molecular weight excluding hydrogens is 467 g/mol. The molecule has 4 heterocycles. The number of nitrogens with one attached hydrogen (secondary N) is 1. The fourth-order valence-electron chi connectivity index (χ4n) is 6.20. The second kappa shape index (κ2) is 9.05. The summed E-state index contributed by atoms with van der Waals surface area (Å²) in [6.45, 7) is 4.64. The summed E-state index contributed by atoms with van der Waals surface area (Å²) in [4.78, 5) is 16.0. The normalized spacial score (nSPS) is 25.9. The molecule has 1 N–H and O–H groups in total. The second-order valence-corrected chi connectivity index (χ2v) is 10.4. The zero-order chi connectivity index (χ0) is 24.9. The Morgan fingerprint density at radius 2 is 1.72 bits per heavy atom. The van der Waals surface area contributed by atoms with E-state index < -0.39 is 11.7 Å². The molecule has 2 fully saturated rings. The Morgan fingerprint density at radius 3 is 2.42 bits per heavy atom. The maximum atomic E-state index is 13.1.